The molecule has 14 nitrogen and oxygen atoms in total. The van der Waals surface area contributed by atoms with E-state index in [4.69, 9.17) is 66.3 Å². The molecule has 120 heavy (non-hydrogen) atoms. The summed E-state index contributed by atoms with van der Waals surface area (Å²) in [5.41, 5.74) is 9.47. The van der Waals surface area contributed by atoms with E-state index in [1.54, 1.807) is 0 Å². The van der Waals surface area contributed by atoms with E-state index in [9.17, 15) is 0 Å². The number of rotatable bonds is 32. The van der Waals surface area contributed by atoms with Crippen LogP contribution in [0.5, 0.6) is 40.2 Å². The van der Waals surface area contributed by atoms with E-state index in [1.165, 1.54) is 59.1 Å². The van der Waals surface area contributed by atoms with E-state index in [0.717, 1.165) is 104 Å². The van der Waals surface area contributed by atoms with Crippen molar-refractivity contribution in [3.63, 3.8) is 0 Å². The molecule has 0 saturated carbocycles. The zero-order valence-electron chi connectivity index (χ0n) is 82.8. The van der Waals surface area contributed by atoms with Crippen molar-refractivity contribution in [2.24, 2.45) is 0 Å². The van der Waals surface area contributed by atoms with Gasteiger partial charge in [0.1, 0.15) is 40.2 Å². The van der Waals surface area contributed by atoms with Gasteiger partial charge < -0.3 is 66.3 Å². The highest BCUT2D eigenvalue weighted by atomic mass is 16.7. The van der Waals surface area contributed by atoms with Crippen molar-refractivity contribution < 1.29 is 66.3 Å². The lowest BCUT2D eigenvalue weighted by Gasteiger charge is -2.23. The average Bonchev–Trinajstić information content (AvgIpc) is 1.03. The Morgan fingerprint density at radius 2 is 0.617 bits per heavy atom. The molecular weight excluding hydrogens is 1500 g/mol. The molecule has 0 aliphatic carbocycles. The van der Waals surface area contributed by atoms with Gasteiger partial charge in [-0.15, -0.1) is 0 Å². The maximum Gasteiger partial charge on any atom is 0.199 e. The molecule has 0 amide bonds. The maximum atomic E-state index is 5.75. The molecule has 7 aromatic carbocycles. The number of ether oxygens (including phenoxy) is 14. The van der Waals surface area contributed by atoms with Gasteiger partial charge in [-0.1, -0.05) is 268 Å². The Hall–Kier alpha value is -7.14. The minimum absolute atomic E-state index is 0.0329. The molecule has 0 radical (unpaired) electrons. The van der Waals surface area contributed by atoms with Crippen LogP contribution in [0, 0.1) is 20.8 Å². The van der Waals surface area contributed by atoms with Gasteiger partial charge in [0.15, 0.2) is 44.0 Å². The predicted molar refractivity (Wildman–Crippen MR) is 513 cm³/mol. The Balaban J connectivity index is -0.000000637. The first-order valence-electron chi connectivity index (χ1n) is 46.1. The van der Waals surface area contributed by atoms with Crippen molar-refractivity contribution in [2.45, 2.75) is 380 Å². The third-order valence-corrected chi connectivity index (χ3v) is 18.1. The quantitative estimate of drug-likeness (QED) is 0.0371. The normalized spacial score (nSPS) is 14.4. The number of hydrogen-bond acceptors (Lipinski definition) is 14. The third kappa shape index (κ3) is 58.8. The summed E-state index contributed by atoms with van der Waals surface area (Å²) < 4.78 is 76.6. The maximum absolute atomic E-state index is 5.75. The smallest absolute Gasteiger partial charge is 0.199 e. The summed E-state index contributed by atoms with van der Waals surface area (Å²) in [6, 6.07) is 57.2. The average molecular weight is 1680 g/mol. The van der Waals surface area contributed by atoms with Gasteiger partial charge in [-0.2, -0.15) is 0 Å². The van der Waals surface area contributed by atoms with Crippen LogP contribution in [0.25, 0.3) is 0 Å². The zero-order valence-corrected chi connectivity index (χ0v) is 82.8. The van der Waals surface area contributed by atoms with E-state index >= 15 is 0 Å². The lowest BCUT2D eigenvalue weighted by molar-refractivity contribution is -0.0619. The van der Waals surface area contributed by atoms with Crippen molar-refractivity contribution in [2.75, 3.05) is 46.2 Å². The van der Waals surface area contributed by atoms with Gasteiger partial charge in [0, 0.05) is 45.9 Å². The highest BCUT2D eigenvalue weighted by molar-refractivity contribution is 5.35. The van der Waals surface area contributed by atoms with Crippen LogP contribution in [-0.2, 0) is 44.0 Å². The van der Waals surface area contributed by atoms with Gasteiger partial charge in [0.05, 0.1) is 13.2 Å². The van der Waals surface area contributed by atoms with Crippen molar-refractivity contribution in [3.05, 3.63) is 209 Å². The Labute approximate surface area is 737 Å². The van der Waals surface area contributed by atoms with Crippen LogP contribution >= 0.6 is 0 Å². The van der Waals surface area contributed by atoms with Gasteiger partial charge in [-0.05, 0) is 263 Å². The fraction of sp³-hybridized carbons (Fsp3) is 0.604. The van der Waals surface area contributed by atoms with E-state index < -0.39 is 0 Å². The van der Waals surface area contributed by atoms with Crippen LogP contribution in [0.4, 0.5) is 0 Å². The van der Waals surface area contributed by atoms with E-state index in [1.807, 2.05) is 234 Å². The van der Waals surface area contributed by atoms with Gasteiger partial charge in [-0.25, -0.2) is 0 Å². The molecule has 2 aliphatic heterocycles. The Bertz CT molecular complexity index is 3320. The molecule has 0 bridgehead atoms. The minimum Gasteiger partial charge on any atom is -0.465 e. The molecule has 9 rings (SSSR count). The lowest BCUT2D eigenvalue weighted by Crippen LogP contribution is -2.17. The molecule has 2 aliphatic rings. The highest BCUT2D eigenvalue weighted by Gasteiger charge is 2.22. The second-order valence-corrected chi connectivity index (χ2v) is 29.6. The largest absolute Gasteiger partial charge is 0.465 e. The standard InChI is InChI=1S/C15H22O2.C15H24O2.C14H20O2.C14H22O2.3C11H16O2.3C3H8.3C2H6/c1-4-15(2,3)12-7-9-13(10-8-12)17-14-6-5-11-16-14;1-6-15(4,5)13-8-10-14(11-9-13)17-12(3)16-7-2;1-3-11(2)12-6-8-13(9-7-12)16-14-5-4-10-15-14;1-5-11(3)13-7-9-14(10-8-13)16-12(4)15-6-2;1-4-12-10(3)13-11-7-5-9(2)6-8-11;1-4-12-10(3)13-11-7-5-6-9(2)8-11;1-4-12-10(3)13-11-8-6-5-7-9(11)2;3*1-3-2;3*1-2/h7-10,14H,4-6,11H2,1-3H3;8-12H,6-7H2,1-5H3;6-9,11,14H,3-5,10H2,1-2H3;7-12H,5-6H2,1-4H3;3*5-8,10H,4H2,1-3H3;3*3H2,1-2H3;3*1-2H3. The SMILES string of the molecule is CC.CC.CC.CCC.CCC.CCC.CCC(C)(C)c1ccc(OC2CCCO2)cc1.CCC(C)c1ccc(OC2CCCO2)cc1.CCOC(C)Oc1ccc(C(C)(C)CC)cc1.CCOC(C)Oc1ccc(C(C)CC)cc1.CCOC(C)Oc1ccc(C)cc1.CCOC(C)Oc1cccc(C)c1.CCOC(C)Oc1ccccc1C. The second kappa shape index (κ2) is 76.7. The van der Waals surface area contributed by atoms with Crippen LogP contribution in [0.15, 0.2) is 170 Å². The first-order chi connectivity index (χ1) is 57.5. The second-order valence-electron chi connectivity index (χ2n) is 29.6. The van der Waals surface area contributed by atoms with E-state index in [-0.39, 0.29) is 54.9 Å². The number of benzene rings is 7. The molecule has 2 heterocycles. The first kappa shape index (κ1) is 119. The van der Waals surface area contributed by atoms with E-state index in [0.29, 0.717) is 44.9 Å². The van der Waals surface area contributed by atoms with Crippen LogP contribution in [0.3, 0.4) is 0 Å². The summed E-state index contributed by atoms with van der Waals surface area (Å²) in [5, 5.41) is 0. The Kier molecular flexibility index (Phi) is 76.2. The van der Waals surface area contributed by atoms with Crippen LogP contribution in [0.2, 0.25) is 0 Å². The topological polar surface area (TPSA) is 129 Å². The van der Waals surface area contributed by atoms with Crippen molar-refractivity contribution in [1.82, 2.24) is 0 Å². The fourth-order valence-corrected chi connectivity index (χ4v) is 10.5. The predicted octanol–water partition coefficient (Wildman–Crippen LogP) is 31.3. The number of aryl methyl sites for hydroxylation is 3. The van der Waals surface area contributed by atoms with Crippen molar-refractivity contribution >= 4 is 0 Å². The van der Waals surface area contributed by atoms with Gasteiger partial charge in [0.25, 0.3) is 0 Å². The molecular formula is C106H178O14. The fourth-order valence-electron chi connectivity index (χ4n) is 10.5. The third-order valence-electron chi connectivity index (χ3n) is 18.1. The zero-order chi connectivity index (χ0) is 91.7. The van der Waals surface area contributed by atoms with Crippen LogP contribution in [0.1, 0.15) is 343 Å². The van der Waals surface area contributed by atoms with Gasteiger partial charge in [0.2, 0.25) is 0 Å². The Morgan fingerprint density at radius 1 is 0.325 bits per heavy atom. The molecule has 14 heteroatoms. The van der Waals surface area contributed by atoms with Crippen molar-refractivity contribution in [1.29, 1.82) is 0 Å². The molecule has 2 saturated heterocycles. The van der Waals surface area contributed by atoms with Crippen molar-refractivity contribution in [3.8, 4) is 40.2 Å². The van der Waals surface area contributed by atoms with E-state index in [2.05, 4.69) is 178 Å². The molecule has 9 unspecified atom stereocenters. The molecule has 686 valence electrons. The molecule has 0 spiro atoms. The molecule has 2 fully saturated rings. The summed E-state index contributed by atoms with van der Waals surface area (Å²) in [5.74, 6) is 7.40. The molecule has 0 N–H and O–H groups in total. The molecule has 0 aromatic heterocycles. The lowest BCUT2D eigenvalue weighted by atomic mass is 9.82. The summed E-state index contributed by atoms with van der Waals surface area (Å²) in [7, 11) is 0. The minimum atomic E-state index is -0.190. The summed E-state index contributed by atoms with van der Waals surface area (Å²) >= 11 is 0. The van der Waals surface area contributed by atoms with Gasteiger partial charge in [-0.3, -0.25) is 0 Å². The first-order valence-corrected chi connectivity index (χ1v) is 46.1. The Morgan fingerprint density at radius 3 is 0.908 bits per heavy atom. The number of para-hydroxylation sites is 1. The summed E-state index contributed by atoms with van der Waals surface area (Å²) in [4.78, 5) is 0. The van der Waals surface area contributed by atoms with Crippen LogP contribution < -0.4 is 33.2 Å². The molecule has 7 aromatic rings. The summed E-state index contributed by atoms with van der Waals surface area (Å²) in [6.07, 6.45) is 11.6. The van der Waals surface area contributed by atoms with Gasteiger partial charge >= 0.3 is 0 Å². The molecule has 9 atom stereocenters. The monoisotopic (exact) mass is 1680 g/mol. The summed E-state index contributed by atoms with van der Waals surface area (Å²) in [6.45, 7) is 77.5. The highest BCUT2D eigenvalue weighted by Crippen LogP contribution is 2.32. The number of hydrogen-bond donors (Lipinski definition) is 0. The van der Waals surface area contributed by atoms with Crippen LogP contribution in [-0.4, -0.2) is 90.3 Å².